The molecule has 0 aliphatic carbocycles. The zero-order valence-electron chi connectivity index (χ0n) is 16.9. The molecule has 7 heteroatoms. The van der Waals surface area contributed by atoms with Gasteiger partial charge in [-0.2, -0.15) is 0 Å². The monoisotopic (exact) mass is 393 g/mol. The molecule has 0 spiro atoms. The van der Waals surface area contributed by atoms with E-state index in [1.807, 2.05) is 0 Å². The van der Waals surface area contributed by atoms with Gasteiger partial charge in [0.2, 0.25) is 0 Å². The van der Waals surface area contributed by atoms with E-state index in [1.165, 1.54) is 6.20 Å². The second-order valence-corrected chi connectivity index (χ2v) is 8.22. The van der Waals surface area contributed by atoms with Gasteiger partial charge >= 0.3 is 0 Å². The molecule has 0 bridgehead atoms. The van der Waals surface area contributed by atoms with Crippen LogP contribution in [0.2, 0.25) is 0 Å². The molecular formula is C22H27N5O2. The molecule has 1 amide bonds. The number of fused-ring (bicyclic) bond motifs is 1. The van der Waals surface area contributed by atoms with Crippen LogP contribution in [0.3, 0.4) is 0 Å². The Morgan fingerprint density at radius 2 is 2.00 bits per heavy atom. The lowest BCUT2D eigenvalue weighted by Gasteiger charge is -2.26. The molecule has 4 rings (SSSR count). The third-order valence-electron chi connectivity index (χ3n) is 5.48. The second-order valence-electron chi connectivity index (χ2n) is 8.22. The van der Waals surface area contributed by atoms with Crippen molar-refractivity contribution in [1.82, 2.24) is 15.3 Å². The van der Waals surface area contributed by atoms with E-state index in [0.717, 1.165) is 54.9 Å². The van der Waals surface area contributed by atoms with E-state index < -0.39 is 0 Å². The molecule has 1 saturated heterocycles. The molecular weight excluding hydrogens is 366 g/mol. The predicted molar refractivity (Wildman–Crippen MR) is 113 cm³/mol. The molecule has 0 radical (unpaired) electrons. The minimum Gasteiger partial charge on any atom is -0.487 e. The molecule has 3 heterocycles. The van der Waals surface area contributed by atoms with Crippen LogP contribution in [0.25, 0.3) is 5.57 Å². The Morgan fingerprint density at radius 1 is 1.28 bits per heavy atom. The number of nitrogens with two attached hydrogens (primary N) is 1. The van der Waals surface area contributed by atoms with Crippen molar-refractivity contribution in [3.8, 4) is 5.75 Å². The first-order valence-electron chi connectivity index (χ1n) is 10.0. The molecule has 29 heavy (non-hydrogen) atoms. The third-order valence-corrected chi connectivity index (χ3v) is 5.48. The maximum absolute atomic E-state index is 13.0. The lowest BCUT2D eigenvalue weighted by Crippen LogP contribution is -2.27. The van der Waals surface area contributed by atoms with Crippen LogP contribution in [0.15, 0.2) is 36.8 Å². The van der Waals surface area contributed by atoms with E-state index in [4.69, 9.17) is 10.5 Å². The number of ether oxygens (including phenoxy) is 1. The number of nitrogens with zero attached hydrogens (tertiary/aromatic N) is 2. The summed E-state index contributed by atoms with van der Waals surface area (Å²) in [6.45, 7) is 6.09. The summed E-state index contributed by atoms with van der Waals surface area (Å²) in [6, 6.07) is 5.87. The minimum atomic E-state index is -0.313. The highest BCUT2D eigenvalue weighted by Crippen LogP contribution is 2.42. The molecule has 2 aliphatic rings. The van der Waals surface area contributed by atoms with Crippen LogP contribution in [0, 0.1) is 0 Å². The van der Waals surface area contributed by atoms with Gasteiger partial charge in [-0.25, -0.2) is 9.97 Å². The van der Waals surface area contributed by atoms with Crippen LogP contribution in [-0.2, 0) is 11.2 Å². The topological polar surface area (TPSA) is 102 Å². The summed E-state index contributed by atoms with van der Waals surface area (Å²) in [4.78, 5) is 21.3. The number of carbonyl (C=O) groups is 1. The van der Waals surface area contributed by atoms with Crippen LogP contribution in [0.1, 0.15) is 49.6 Å². The molecule has 2 aliphatic heterocycles. The summed E-state index contributed by atoms with van der Waals surface area (Å²) >= 11 is 0. The van der Waals surface area contributed by atoms with Crippen molar-refractivity contribution in [2.24, 2.45) is 5.73 Å². The van der Waals surface area contributed by atoms with Gasteiger partial charge in [0, 0.05) is 36.3 Å². The molecule has 1 aromatic carbocycles. The van der Waals surface area contributed by atoms with Crippen molar-refractivity contribution >= 4 is 17.2 Å². The fourth-order valence-corrected chi connectivity index (χ4v) is 4.12. The molecule has 2 aromatic rings. The van der Waals surface area contributed by atoms with Gasteiger partial charge in [-0.3, -0.25) is 4.79 Å². The van der Waals surface area contributed by atoms with E-state index in [-0.39, 0.29) is 17.1 Å². The number of aromatic nitrogens is 2. The number of piperidine rings is 1. The smallest absolute Gasteiger partial charge is 0.260 e. The fourth-order valence-electron chi connectivity index (χ4n) is 4.12. The van der Waals surface area contributed by atoms with Crippen LogP contribution in [0.5, 0.6) is 5.75 Å². The lowest BCUT2D eigenvalue weighted by atomic mass is 9.87. The summed E-state index contributed by atoms with van der Waals surface area (Å²) in [5, 5.41) is 6.47. The molecule has 0 saturated carbocycles. The zero-order chi connectivity index (χ0) is 20.4. The Bertz CT molecular complexity index is 934. The molecule has 152 valence electrons. The largest absolute Gasteiger partial charge is 0.487 e. The SMILES string of the molecule is CC1(C)Cc2cc(NC(=O)/C(=C/N)c3ncccn3)c(C3CCNCC3)cc2O1. The van der Waals surface area contributed by atoms with E-state index in [2.05, 4.69) is 46.6 Å². The van der Waals surface area contributed by atoms with Gasteiger partial charge in [0.15, 0.2) is 5.82 Å². The highest BCUT2D eigenvalue weighted by molar-refractivity contribution is 6.24. The van der Waals surface area contributed by atoms with E-state index in [0.29, 0.717) is 11.7 Å². The van der Waals surface area contributed by atoms with Gasteiger partial charge in [-0.05, 0) is 69.5 Å². The van der Waals surface area contributed by atoms with Gasteiger partial charge in [-0.15, -0.1) is 0 Å². The van der Waals surface area contributed by atoms with E-state index in [9.17, 15) is 4.79 Å². The van der Waals surface area contributed by atoms with E-state index in [1.54, 1.807) is 18.5 Å². The van der Waals surface area contributed by atoms with E-state index >= 15 is 0 Å². The highest BCUT2D eigenvalue weighted by Gasteiger charge is 2.32. The highest BCUT2D eigenvalue weighted by atomic mass is 16.5. The van der Waals surface area contributed by atoms with Crippen LogP contribution in [-0.4, -0.2) is 34.6 Å². The first-order chi connectivity index (χ1) is 14.0. The normalized spacial score (nSPS) is 18.8. The third kappa shape index (κ3) is 4.10. The molecule has 7 nitrogen and oxygen atoms in total. The predicted octanol–water partition coefficient (Wildman–Crippen LogP) is 2.60. The summed E-state index contributed by atoms with van der Waals surface area (Å²) in [6.07, 6.45) is 7.29. The van der Waals surface area contributed by atoms with Crippen LogP contribution >= 0.6 is 0 Å². The zero-order valence-corrected chi connectivity index (χ0v) is 16.9. The number of anilines is 1. The number of amides is 1. The first-order valence-corrected chi connectivity index (χ1v) is 10.0. The Kier molecular flexibility index (Phi) is 5.24. The molecule has 0 atom stereocenters. The maximum atomic E-state index is 13.0. The lowest BCUT2D eigenvalue weighted by molar-refractivity contribution is -0.111. The first kappa shape index (κ1) is 19.4. The number of carbonyl (C=O) groups excluding carboxylic acids is 1. The number of hydrogen-bond donors (Lipinski definition) is 3. The van der Waals surface area contributed by atoms with Gasteiger partial charge in [-0.1, -0.05) is 0 Å². The average molecular weight is 393 g/mol. The van der Waals surface area contributed by atoms with Crippen LogP contribution < -0.4 is 21.1 Å². The van der Waals surface area contributed by atoms with Crippen molar-refractivity contribution in [3.05, 3.63) is 53.7 Å². The number of rotatable bonds is 4. The Morgan fingerprint density at radius 3 is 2.69 bits per heavy atom. The van der Waals surface area contributed by atoms with Gasteiger partial charge < -0.3 is 21.1 Å². The van der Waals surface area contributed by atoms with Gasteiger partial charge in [0.25, 0.3) is 5.91 Å². The molecule has 1 aromatic heterocycles. The van der Waals surface area contributed by atoms with Crippen molar-refractivity contribution < 1.29 is 9.53 Å². The van der Waals surface area contributed by atoms with Gasteiger partial charge in [0.05, 0.1) is 5.57 Å². The average Bonchev–Trinajstić information content (AvgIpc) is 3.02. The van der Waals surface area contributed by atoms with Crippen molar-refractivity contribution in [1.29, 1.82) is 0 Å². The fraction of sp³-hybridized carbons (Fsp3) is 0.409. The maximum Gasteiger partial charge on any atom is 0.260 e. The Balaban J connectivity index is 1.67. The molecule has 1 fully saturated rings. The van der Waals surface area contributed by atoms with Crippen molar-refractivity contribution in [2.45, 2.75) is 44.6 Å². The number of nitrogens with one attached hydrogen (secondary N) is 2. The molecule has 4 N–H and O–H groups in total. The standard InChI is InChI=1S/C22H27N5O2/c1-22(2)12-15-10-18(16(11-19(15)29-22)14-4-8-24-9-5-14)27-21(28)17(13-23)20-25-6-3-7-26-20/h3,6-7,10-11,13-14,24H,4-5,8-9,12,23H2,1-2H3,(H,27,28)/b17-13+. The minimum absolute atomic E-state index is 0.240. The summed E-state index contributed by atoms with van der Waals surface area (Å²) in [5.41, 5.74) is 8.78. The Labute approximate surface area is 170 Å². The van der Waals surface area contributed by atoms with Crippen molar-refractivity contribution in [2.75, 3.05) is 18.4 Å². The van der Waals surface area contributed by atoms with Gasteiger partial charge in [0.1, 0.15) is 11.4 Å². The second kappa shape index (κ2) is 7.83. The van der Waals surface area contributed by atoms with Crippen LogP contribution in [0.4, 0.5) is 5.69 Å². The summed E-state index contributed by atoms with van der Waals surface area (Å²) < 4.78 is 6.14. The summed E-state index contributed by atoms with van der Waals surface area (Å²) in [7, 11) is 0. The molecule has 0 unspecified atom stereocenters. The quantitative estimate of drug-likeness (QED) is 0.690. The Hall–Kier alpha value is -2.93. The number of hydrogen-bond acceptors (Lipinski definition) is 6. The van der Waals surface area contributed by atoms with Crippen molar-refractivity contribution in [3.63, 3.8) is 0 Å². The number of benzene rings is 1. The summed E-state index contributed by atoms with van der Waals surface area (Å²) in [5.74, 6) is 1.28.